The van der Waals surface area contributed by atoms with Crippen molar-refractivity contribution in [2.75, 3.05) is 23.8 Å². The summed E-state index contributed by atoms with van der Waals surface area (Å²) < 4.78 is 33.2. The molecule has 0 atom stereocenters. The van der Waals surface area contributed by atoms with Gasteiger partial charge in [-0.2, -0.15) is 0 Å². The number of nitrogens with zero attached hydrogens (tertiary/aromatic N) is 1. The highest BCUT2D eigenvalue weighted by atomic mass is 32.2. The third kappa shape index (κ3) is 4.34. The number of para-hydroxylation sites is 1. The third-order valence-electron chi connectivity index (χ3n) is 5.79. The fraction of sp³-hybridized carbons (Fsp3) is 0.240. The fourth-order valence-corrected chi connectivity index (χ4v) is 5.26. The molecule has 0 heterocycles. The van der Waals surface area contributed by atoms with E-state index in [9.17, 15) is 13.2 Å². The number of ether oxygens (including phenoxy) is 1. The van der Waals surface area contributed by atoms with Crippen LogP contribution < -0.4 is 14.4 Å². The molecule has 166 valence electrons. The summed E-state index contributed by atoms with van der Waals surface area (Å²) in [6.45, 7) is 0. The minimum absolute atomic E-state index is 0.239. The zero-order chi connectivity index (χ0) is 22.7. The second kappa shape index (κ2) is 9.04. The Labute approximate surface area is 188 Å². The number of amides is 1. The minimum Gasteiger partial charge on any atom is -0.497 e. The van der Waals surface area contributed by atoms with Crippen LogP contribution in [-0.4, -0.2) is 28.5 Å². The summed E-state index contributed by atoms with van der Waals surface area (Å²) in [6, 6.07) is 19.0. The second-order valence-electron chi connectivity index (χ2n) is 7.81. The van der Waals surface area contributed by atoms with E-state index < -0.39 is 15.9 Å². The molecule has 0 fully saturated rings. The first-order chi connectivity index (χ1) is 15.4. The maximum atomic E-state index is 13.4. The maximum absolute atomic E-state index is 13.4. The van der Waals surface area contributed by atoms with E-state index >= 15 is 0 Å². The van der Waals surface area contributed by atoms with Gasteiger partial charge in [0.2, 0.25) is 0 Å². The average Bonchev–Trinajstić information content (AvgIpc) is 2.83. The van der Waals surface area contributed by atoms with Crippen molar-refractivity contribution < 1.29 is 17.9 Å². The molecule has 6 nitrogen and oxygen atoms in total. The highest BCUT2D eigenvalue weighted by Crippen LogP contribution is 2.29. The number of nitrogens with one attached hydrogen (secondary N) is 1. The summed E-state index contributed by atoms with van der Waals surface area (Å²) in [5.74, 6) is 0.213. The molecular weight excluding hydrogens is 424 g/mol. The van der Waals surface area contributed by atoms with Gasteiger partial charge >= 0.3 is 0 Å². The monoisotopic (exact) mass is 450 g/mol. The van der Waals surface area contributed by atoms with Crippen LogP contribution in [0.2, 0.25) is 0 Å². The van der Waals surface area contributed by atoms with E-state index in [-0.39, 0.29) is 10.5 Å². The highest BCUT2D eigenvalue weighted by molar-refractivity contribution is 7.92. The van der Waals surface area contributed by atoms with Gasteiger partial charge in [-0.15, -0.1) is 0 Å². The lowest BCUT2D eigenvalue weighted by atomic mass is 9.92. The summed E-state index contributed by atoms with van der Waals surface area (Å²) in [7, 11) is -0.801. The molecule has 7 heteroatoms. The number of rotatable bonds is 6. The zero-order valence-corrected chi connectivity index (χ0v) is 19.0. The summed E-state index contributed by atoms with van der Waals surface area (Å²) in [5, 5.41) is 2.82. The molecule has 3 aromatic carbocycles. The molecule has 0 spiro atoms. The molecule has 3 aromatic rings. The van der Waals surface area contributed by atoms with Crippen molar-refractivity contribution in [2.45, 2.75) is 30.6 Å². The molecule has 4 rings (SSSR count). The molecule has 1 amide bonds. The van der Waals surface area contributed by atoms with Crippen molar-refractivity contribution in [3.8, 4) is 5.75 Å². The summed E-state index contributed by atoms with van der Waals surface area (Å²) in [4.78, 5) is 13.3. The quantitative estimate of drug-likeness (QED) is 0.593. The Bertz CT molecular complexity index is 1250. The highest BCUT2D eigenvalue weighted by Gasteiger charge is 2.26. The Morgan fingerprint density at radius 3 is 2.47 bits per heavy atom. The molecule has 0 aliphatic heterocycles. The van der Waals surface area contributed by atoms with Crippen LogP contribution in [0.3, 0.4) is 0 Å². The topological polar surface area (TPSA) is 75.7 Å². The Balaban J connectivity index is 1.64. The number of aryl methyl sites for hydroxylation is 2. The van der Waals surface area contributed by atoms with Gasteiger partial charge in [0.15, 0.2) is 0 Å². The molecule has 0 aromatic heterocycles. The number of fused-ring (bicyclic) bond motifs is 1. The van der Waals surface area contributed by atoms with Crippen LogP contribution in [0.15, 0.2) is 71.6 Å². The van der Waals surface area contributed by atoms with Crippen molar-refractivity contribution >= 4 is 27.3 Å². The number of carbonyl (C=O) groups is 1. The lowest BCUT2D eigenvalue weighted by Crippen LogP contribution is -2.29. The maximum Gasteiger partial charge on any atom is 0.264 e. The SMILES string of the molecule is COc1cccc(NC(=O)c2ccccc2N(C)S(=O)(=O)c2ccc3c(c2)CCCC3)c1. The van der Waals surface area contributed by atoms with Gasteiger partial charge in [-0.05, 0) is 73.2 Å². The Morgan fingerprint density at radius 1 is 0.938 bits per heavy atom. The van der Waals surface area contributed by atoms with Gasteiger partial charge in [0.05, 0.1) is 23.3 Å². The third-order valence-corrected chi connectivity index (χ3v) is 7.56. The first kappa shape index (κ1) is 21.9. The van der Waals surface area contributed by atoms with Gasteiger partial charge < -0.3 is 10.1 Å². The van der Waals surface area contributed by atoms with Gasteiger partial charge in [-0.25, -0.2) is 8.42 Å². The van der Waals surface area contributed by atoms with Crippen LogP contribution in [-0.2, 0) is 22.9 Å². The van der Waals surface area contributed by atoms with Crippen LogP contribution in [0.4, 0.5) is 11.4 Å². The summed E-state index contributed by atoms with van der Waals surface area (Å²) in [5.41, 5.74) is 3.44. The normalized spacial score (nSPS) is 13.2. The Hall–Kier alpha value is -3.32. The van der Waals surface area contributed by atoms with Crippen molar-refractivity contribution in [1.29, 1.82) is 0 Å². The van der Waals surface area contributed by atoms with Gasteiger partial charge in [0.25, 0.3) is 15.9 Å². The molecule has 0 bridgehead atoms. The van der Waals surface area contributed by atoms with Crippen LogP contribution in [0, 0.1) is 0 Å². The molecule has 0 saturated heterocycles. The van der Waals surface area contributed by atoms with Gasteiger partial charge in [0.1, 0.15) is 5.75 Å². The molecular formula is C25H26N2O4S. The molecule has 1 N–H and O–H groups in total. The molecule has 0 unspecified atom stereocenters. The number of carbonyl (C=O) groups excluding carboxylic acids is 1. The van der Waals surface area contributed by atoms with Crippen LogP contribution in [0.1, 0.15) is 34.3 Å². The second-order valence-corrected chi connectivity index (χ2v) is 9.78. The van der Waals surface area contributed by atoms with E-state index in [4.69, 9.17) is 4.74 Å². The van der Waals surface area contributed by atoms with Gasteiger partial charge in [-0.1, -0.05) is 24.3 Å². The Kier molecular flexibility index (Phi) is 6.19. The predicted molar refractivity (Wildman–Crippen MR) is 126 cm³/mol. The van der Waals surface area contributed by atoms with E-state index in [1.54, 1.807) is 67.8 Å². The minimum atomic E-state index is -3.83. The van der Waals surface area contributed by atoms with Crippen LogP contribution in [0.25, 0.3) is 0 Å². The van der Waals surface area contributed by atoms with Gasteiger partial charge in [0, 0.05) is 18.8 Å². The predicted octanol–water partition coefficient (Wildman–Crippen LogP) is 4.65. The molecule has 1 aliphatic carbocycles. The standard InChI is InChI=1S/C25H26N2O4S/c1-27(32(29,30)22-15-14-18-8-3-4-9-19(18)16-22)24-13-6-5-12-23(24)25(28)26-20-10-7-11-21(17-20)31-2/h5-7,10-17H,3-4,8-9H2,1-2H3,(H,26,28). The number of methoxy groups -OCH3 is 1. The van der Waals surface area contributed by atoms with E-state index in [2.05, 4.69) is 5.32 Å². The number of hydrogen-bond donors (Lipinski definition) is 1. The van der Waals surface area contributed by atoms with Crippen molar-refractivity contribution in [3.63, 3.8) is 0 Å². The van der Waals surface area contributed by atoms with Crippen LogP contribution >= 0.6 is 0 Å². The molecule has 0 radical (unpaired) electrons. The van der Waals surface area contributed by atoms with Crippen molar-refractivity contribution in [1.82, 2.24) is 0 Å². The zero-order valence-electron chi connectivity index (χ0n) is 18.2. The number of sulfonamides is 1. The van der Waals surface area contributed by atoms with E-state index in [1.807, 2.05) is 6.07 Å². The Morgan fingerprint density at radius 2 is 1.69 bits per heavy atom. The summed E-state index contributed by atoms with van der Waals surface area (Å²) in [6.07, 6.45) is 4.08. The fourth-order valence-electron chi connectivity index (χ4n) is 4.00. The number of anilines is 2. The molecule has 0 saturated carbocycles. The average molecular weight is 451 g/mol. The van der Waals surface area contributed by atoms with E-state index in [1.165, 1.54) is 16.9 Å². The lowest BCUT2D eigenvalue weighted by Gasteiger charge is -2.23. The lowest BCUT2D eigenvalue weighted by molar-refractivity contribution is 0.102. The van der Waals surface area contributed by atoms with E-state index in [0.717, 1.165) is 31.2 Å². The van der Waals surface area contributed by atoms with Crippen molar-refractivity contribution in [3.05, 3.63) is 83.4 Å². The smallest absolute Gasteiger partial charge is 0.264 e. The van der Waals surface area contributed by atoms with Crippen molar-refractivity contribution in [2.24, 2.45) is 0 Å². The van der Waals surface area contributed by atoms with E-state index in [0.29, 0.717) is 17.1 Å². The molecule has 32 heavy (non-hydrogen) atoms. The van der Waals surface area contributed by atoms with Crippen LogP contribution in [0.5, 0.6) is 5.75 Å². The first-order valence-electron chi connectivity index (χ1n) is 10.6. The first-order valence-corrected chi connectivity index (χ1v) is 12.0. The summed E-state index contributed by atoms with van der Waals surface area (Å²) >= 11 is 0. The largest absolute Gasteiger partial charge is 0.497 e. The number of benzene rings is 3. The molecule has 1 aliphatic rings. The van der Waals surface area contributed by atoms with Gasteiger partial charge in [-0.3, -0.25) is 9.10 Å². The number of hydrogen-bond acceptors (Lipinski definition) is 4.